The first-order valence-corrected chi connectivity index (χ1v) is 11.8. The number of carbonyl (C=O) groups excluding carboxylic acids is 1. The Kier molecular flexibility index (Phi) is 6.63. The highest BCUT2D eigenvalue weighted by atomic mass is 35.5. The largest absolute Gasteiger partial charge is 0.439 e. The van der Waals surface area contributed by atoms with Crippen molar-refractivity contribution in [3.63, 3.8) is 0 Å². The van der Waals surface area contributed by atoms with E-state index in [0.717, 1.165) is 43.9 Å². The average molecular weight is 462 g/mol. The third-order valence-electron chi connectivity index (χ3n) is 6.33. The molecule has 1 N–H and O–H groups in total. The summed E-state index contributed by atoms with van der Waals surface area (Å²) in [6.07, 6.45) is -0.535. The molecule has 170 valence electrons. The highest BCUT2D eigenvalue weighted by Crippen LogP contribution is 2.29. The molecule has 6 heteroatoms. The zero-order valence-electron chi connectivity index (χ0n) is 18.5. The summed E-state index contributed by atoms with van der Waals surface area (Å²) in [7, 11) is 0. The third-order valence-corrected chi connectivity index (χ3v) is 6.58. The number of nitrogens with one attached hydrogen (secondary N) is 1. The molecular formula is C27H28ClN3O2. The third kappa shape index (κ3) is 5.38. The van der Waals surface area contributed by atoms with Crippen LogP contribution in [0.2, 0.25) is 5.02 Å². The Bertz CT molecular complexity index is 1100. The Balaban J connectivity index is 1.22. The van der Waals surface area contributed by atoms with E-state index in [1.807, 2.05) is 24.3 Å². The van der Waals surface area contributed by atoms with Gasteiger partial charge in [-0.15, -0.1) is 0 Å². The van der Waals surface area contributed by atoms with Gasteiger partial charge in [-0.2, -0.15) is 0 Å². The number of ether oxygens (including phenoxy) is 1. The summed E-state index contributed by atoms with van der Waals surface area (Å²) in [5.74, 6) is 0. The van der Waals surface area contributed by atoms with Crippen LogP contribution in [0.25, 0.3) is 11.1 Å². The molecule has 0 radical (unpaired) electrons. The van der Waals surface area contributed by atoms with Gasteiger partial charge in [0, 0.05) is 44.3 Å². The molecule has 5 rings (SSSR count). The van der Waals surface area contributed by atoms with Gasteiger partial charge in [0.25, 0.3) is 0 Å². The van der Waals surface area contributed by atoms with Gasteiger partial charge in [0.2, 0.25) is 0 Å². The quantitative estimate of drug-likeness (QED) is 0.554. The fraction of sp³-hybridized carbons (Fsp3) is 0.296. The molecule has 0 unspecified atom stereocenters. The molecule has 0 saturated carbocycles. The lowest BCUT2D eigenvalue weighted by Crippen LogP contribution is -2.42. The summed E-state index contributed by atoms with van der Waals surface area (Å²) in [4.78, 5) is 16.6. The molecule has 2 aliphatic heterocycles. The van der Waals surface area contributed by atoms with E-state index in [4.69, 9.17) is 16.3 Å². The second kappa shape index (κ2) is 9.96. The lowest BCUT2D eigenvalue weighted by molar-refractivity contribution is 0.132. The first-order valence-electron chi connectivity index (χ1n) is 11.5. The van der Waals surface area contributed by atoms with Gasteiger partial charge in [-0.1, -0.05) is 66.2 Å². The number of hydrogen-bond acceptors (Lipinski definition) is 4. The minimum atomic E-state index is -0.278. The maximum atomic E-state index is 12.4. The van der Waals surface area contributed by atoms with Gasteiger partial charge >= 0.3 is 6.09 Å². The maximum absolute atomic E-state index is 12.4. The molecule has 3 aromatic rings. The lowest BCUT2D eigenvalue weighted by Gasteiger charge is -2.27. The molecule has 0 bridgehead atoms. The Hall–Kier alpha value is -2.86. The molecule has 2 heterocycles. The van der Waals surface area contributed by atoms with Crippen LogP contribution < -0.4 is 5.32 Å². The molecule has 1 amide bonds. The number of nitrogens with zero attached hydrogens (tertiary/aromatic N) is 2. The van der Waals surface area contributed by atoms with Crippen molar-refractivity contribution in [3.8, 4) is 11.1 Å². The highest BCUT2D eigenvalue weighted by Gasteiger charge is 2.32. The van der Waals surface area contributed by atoms with Crippen LogP contribution in [0.15, 0.2) is 72.8 Å². The molecule has 0 aromatic heterocycles. The Morgan fingerprint density at radius 1 is 0.879 bits per heavy atom. The standard InChI is InChI=1S/C27H28ClN3O2/c28-25-10-8-23(9-11-25)26-19-31(27(32)33-26)18-20-4-6-22(7-5-20)24-3-1-2-21(16-24)17-30-14-12-29-13-15-30/h1-11,16,26,29H,12-15,17-19H2/t26-/m0/s1. The van der Waals surface area contributed by atoms with Gasteiger partial charge in [0.15, 0.2) is 0 Å². The predicted octanol–water partition coefficient (Wildman–Crippen LogP) is 5.11. The number of piperazine rings is 1. The predicted molar refractivity (Wildman–Crippen MR) is 131 cm³/mol. The first-order chi connectivity index (χ1) is 16.1. The van der Waals surface area contributed by atoms with Crippen molar-refractivity contribution in [2.75, 3.05) is 32.7 Å². The van der Waals surface area contributed by atoms with E-state index < -0.39 is 0 Å². The number of rotatable bonds is 6. The van der Waals surface area contributed by atoms with Gasteiger partial charge in [-0.25, -0.2) is 4.79 Å². The number of carbonyl (C=O) groups is 1. The second-order valence-corrected chi connectivity index (χ2v) is 9.16. The van der Waals surface area contributed by atoms with E-state index in [-0.39, 0.29) is 12.2 Å². The van der Waals surface area contributed by atoms with Crippen molar-refractivity contribution in [1.29, 1.82) is 0 Å². The summed E-state index contributed by atoms with van der Waals surface area (Å²) in [6, 6.07) is 24.7. The molecule has 2 fully saturated rings. The Labute approximate surface area is 199 Å². The fourth-order valence-electron chi connectivity index (χ4n) is 4.49. The Morgan fingerprint density at radius 2 is 1.64 bits per heavy atom. The summed E-state index contributed by atoms with van der Waals surface area (Å²) in [5.41, 5.74) is 5.80. The van der Waals surface area contributed by atoms with Crippen LogP contribution in [0.1, 0.15) is 22.8 Å². The van der Waals surface area contributed by atoms with E-state index in [2.05, 4.69) is 58.7 Å². The molecule has 2 aliphatic rings. The van der Waals surface area contributed by atoms with Crippen molar-refractivity contribution in [3.05, 3.63) is 94.5 Å². The summed E-state index contributed by atoms with van der Waals surface area (Å²) < 4.78 is 5.58. The first kappa shape index (κ1) is 22.0. The van der Waals surface area contributed by atoms with Crippen LogP contribution in [0.3, 0.4) is 0 Å². The number of amides is 1. The van der Waals surface area contributed by atoms with E-state index >= 15 is 0 Å². The number of cyclic esters (lactones) is 1. The zero-order chi connectivity index (χ0) is 22.6. The number of hydrogen-bond donors (Lipinski definition) is 1. The fourth-order valence-corrected chi connectivity index (χ4v) is 4.61. The minimum absolute atomic E-state index is 0.257. The van der Waals surface area contributed by atoms with Crippen LogP contribution in [0.5, 0.6) is 0 Å². The SMILES string of the molecule is O=C1O[C@H](c2ccc(Cl)cc2)CN1Cc1ccc(-c2cccc(CN3CCNCC3)c2)cc1. The van der Waals surface area contributed by atoms with E-state index in [1.165, 1.54) is 16.7 Å². The van der Waals surface area contributed by atoms with Gasteiger partial charge in [-0.3, -0.25) is 9.80 Å². The molecular weight excluding hydrogens is 434 g/mol. The van der Waals surface area contributed by atoms with Crippen LogP contribution >= 0.6 is 11.6 Å². The van der Waals surface area contributed by atoms with Crippen molar-refractivity contribution >= 4 is 17.7 Å². The summed E-state index contributed by atoms with van der Waals surface area (Å²) in [5, 5.41) is 4.08. The lowest BCUT2D eigenvalue weighted by atomic mass is 10.0. The molecule has 5 nitrogen and oxygen atoms in total. The topological polar surface area (TPSA) is 44.8 Å². The molecule has 2 saturated heterocycles. The molecule has 0 aliphatic carbocycles. The van der Waals surface area contributed by atoms with Crippen molar-refractivity contribution in [2.24, 2.45) is 0 Å². The van der Waals surface area contributed by atoms with E-state index in [0.29, 0.717) is 18.1 Å². The number of benzene rings is 3. The zero-order valence-corrected chi connectivity index (χ0v) is 19.3. The van der Waals surface area contributed by atoms with Crippen LogP contribution in [-0.4, -0.2) is 48.6 Å². The van der Waals surface area contributed by atoms with Gasteiger partial charge in [0.1, 0.15) is 6.10 Å². The monoisotopic (exact) mass is 461 g/mol. The van der Waals surface area contributed by atoms with Crippen LogP contribution in [0.4, 0.5) is 4.79 Å². The van der Waals surface area contributed by atoms with E-state index in [9.17, 15) is 4.79 Å². The highest BCUT2D eigenvalue weighted by molar-refractivity contribution is 6.30. The van der Waals surface area contributed by atoms with Crippen molar-refractivity contribution < 1.29 is 9.53 Å². The minimum Gasteiger partial charge on any atom is -0.439 e. The second-order valence-electron chi connectivity index (χ2n) is 8.73. The summed E-state index contributed by atoms with van der Waals surface area (Å²) in [6.45, 7) is 6.37. The normalized spacial score (nSPS) is 19.0. The molecule has 1 atom stereocenters. The number of halogens is 1. The van der Waals surface area contributed by atoms with Gasteiger partial charge in [-0.05, 0) is 46.0 Å². The molecule has 0 spiro atoms. The smallest absolute Gasteiger partial charge is 0.410 e. The summed E-state index contributed by atoms with van der Waals surface area (Å²) >= 11 is 5.97. The van der Waals surface area contributed by atoms with Crippen LogP contribution in [-0.2, 0) is 17.8 Å². The average Bonchev–Trinajstić information content (AvgIpc) is 3.21. The Morgan fingerprint density at radius 3 is 2.39 bits per heavy atom. The molecule has 3 aromatic carbocycles. The maximum Gasteiger partial charge on any atom is 0.410 e. The van der Waals surface area contributed by atoms with Crippen LogP contribution in [0, 0.1) is 0 Å². The van der Waals surface area contributed by atoms with Gasteiger partial charge < -0.3 is 10.1 Å². The van der Waals surface area contributed by atoms with E-state index in [1.54, 1.807) is 4.90 Å². The molecule has 33 heavy (non-hydrogen) atoms. The van der Waals surface area contributed by atoms with Crippen molar-refractivity contribution in [1.82, 2.24) is 15.1 Å². The van der Waals surface area contributed by atoms with Crippen molar-refractivity contribution in [2.45, 2.75) is 19.2 Å². The van der Waals surface area contributed by atoms with Gasteiger partial charge in [0.05, 0.1) is 6.54 Å².